The molecule has 2 N–H and O–H groups in total. The molecule has 0 heterocycles. The standard InChI is InChI=1S/C10H8N2O6S2/c11-12-7-2-1-6-3-8(19(13,14)15)5-10(9(6)4-7)20(16,17)18/h1-5,10H,(H,13,14,15)(H,16,17,18). The summed E-state index contributed by atoms with van der Waals surface area (Å²) in [4.78, 5) is 2.25. The van der Waals surface area contributed by atoms with Crippen LogP contribution in [0.25, 0.3) is 5.53 Å². The molecule has 1 unspecified atom stereocenters. The summed E-state index contributed by atoms with van der Waals surface area (Å²) >= 11 is 0. The highest BCUT2D eigenvalue weighted by Gasteiger charge is 2.34. The van der Waals surface area contributed by atoms with E-state index in [4.69, 9.17) is 10.1 Å². The minimum absolute atomic E-state index is 0.0366. The van der Waals surface area contributed by atoms with Gasteiger partial charge in [-0.15, -0.1) is 0 Å². The molecular formula is C10H8N2O6S2. The van der Waals surface area contributed by atoms with E-state index < -0.39 is 30.4 Å². The average Bonchev–Trinajstić information content (AvgIpc) is 2.34. The summed E-state index contributed by atoms with van der Waals surface area (Å²) in [6, 6.07) is 0. The lowest BCUT2D eigenvalue weighted by atomic mass is 9.92. The van der Waals surface area contributed by atoms with Crippen LogP contribution in [0, 0.1) is 0 Å². The molecule has 0 bridgehead atoms. The highest BCUT2D eigenvalue weighted by atomic mass is 32.2. The van der Waals surface area contributed by atoms with Gasteiger partial charge in [0.2, 0.25) is 0 Å². The largest absolute Gasteiger partial charge is 0.361 e. The average molecular weight is 316 g/mol. The van der Waals surface area contributed by atoms with Crippen molar-refractivity contribution in [3.8, 4) is 0 Å². The fourth-order valence-corrected chi connectivity index (χ4v) is 3.36. The maximum absolute atomic E-state index is 11.3. The van der Waals surface area contributed by atoms with Crippen molar-refractivity contribution in [2.24, 2.45) is 0 Å². The molecule has 2 aliphatic rings. The third kappa shape index (κ3) is 2.69. The van der Waals surface area contributed by atoms with Gasteiger partial charge in [0.05, 0.1) is 4.91 Å². The zero-order valence-electron chi connectivity index (χ0n) is 9.70. The SMILES string of the molecule is [N-]=[N+]=C1C=CC2=CC(S(=O)(=O)O)=CC(S(=O)(=O)O)C2=C1. The highest BCUT2D eigenvalue weighted by Crippen LogP contribution is 2.32. The normalized spacial score (nSPS) is 22.4. The van der Waals surface area contributed by atoms with Crippen molar-refractivity contribution in [2.45, 2.75) is 5.25 Å². The summed E-state index contributed by atoms with van der Waals surface area (Å²) in [5.74, 6) is 0. The third-order valence-corrected chi connectivity index (χ3v) is 4.61. The Morgan fingerprint density at radius 1 is 1.10 bits per heavy atom. The molecule has 0 radical (unpaired) electrons. The van der Waals surface area contributed by atoms with Crippen LogP contribution in [0.3, 0.4) is 0 Å². The Morgan fingerprint density at radius 2 is 1.75 bits per heavy atom. The van der Waals surface area contributed by atoms with Gasteiger partial charge in [0.25, 0.3) is 20.2 Å². The molecular weight excluding hydrogens is 308 g/mol. The van der Waals surface area contributed by atoms with Gasteiger partial charge in [0.1, 0.15) is 5.25 Å². The number of rotatable bonds is 2. The zero-order chi connectivity index (χ0) is 15.1. The van der Waals surface area contributed by atoms with E-state index >= 15 is 0 Å². The van der Waals surface area contributed by atoms with Gasteiger partial charge in [-0.1, -0.05) is 0 Å². The number of fused-ring (bicyclic) bond motifs is 1. The molecule has 0 aliphatic heterocycles. The molecule has 0 fully saturated rings. The lowest BCUT2D eigenvalue weighted by Crippen LogP contribution is -2.27. The van der Waals surface area contributed by atoms with Gasteiger partial charge in [-0.3, -0.25) is 9.11 Å². The lowest BCUT2D eigenvalue weighted by molar-refractivity contribution is -0.00162. The van der Waals surface area contributed by atoms with Crippen molar-refractivity contribution in [1.29, 1.82) is 0 Å². The topological polar surface area (TPSA) is 145 Å². The smallest absolute Gasteiger partial charge is 0.315 e. The van der Waals surface area contributed by atoms with E-state index in [-0.39, 0.29) is 16.9 Å². The molecule has 20 heavy (non-hydrogen) atoms. The Morgan fingerprint density at radius 3 is 2.25 bits per heavy atom. The fraction of sp³-hybridized carbons (Fsp3) is 0.100. The lowest BCUT2D eigenvalue weighted by Gasteiger charge is -2.21. The summed E-state index contributed by atoms with van der Waals surface area (Å²) in [5, 5.41) is -1.68. The van der Waals surface area contributed by atoms with Gasteiger partial charge in [0, 0.05) is 12.2 Å². The number of allylic oxidation sites excluding steroid dienone is 5. The number of nitrogens with zero attached hydrogens (tertiary/aromatic N) is 2. The van der Waals surface area contributed by atoms with Gasteiger partial charge < -0.3 is 5.53 Å². The van der Waals surface area contributed by atoms with Crippen LogP contribution < -0.4 is 0 Å². The van der Waals surface area contributed by atoms with Crippen LogP contribution in [0.2, 0.25) is 0 Å². The van der Waals surface area contributed by atoms with Crippen LogP contribution in [0.4, 0.5) is 0 Å². The zero-order valence-corrected chi connectivity index (χ0v) is 11.3. The maximum Gasteiger partial charge on any atom is 0.315 e. The molecule has 106 valence electrons. The Labute approximate surface area is 114 Å². The minimum Gasteiger partial charge on any atom is -0.361 e. The molecule has 0 saturated heterocycles. The Kier molecular flexibility index (Phi) is 3.36. The molecule has 0 aromatic rings. The van der Waals surface area contributed by atoms with Gasteiger partial charge in [-0.05, 0) is 29.4 Å². The second-order valence-corrected chi connectivity index (χ2v) is 7.00. The summed E-state index contributed by atoms with van der Waals surface area (Å²) in [6.07, 6.45) is 5.55. The molecule has 2 aliphatic carbocycles. The predicted molar refractivity (Wildman–Crippen MR) is 68.9 cm³/mol. The molecule has 0 aromatic carbocycles. The predicted octanol–water partition coefficient (Wildman–Crippen LogP) is 0.122. The van der Waals surface area contributed by atoms with E-state index in [1.54, 1.807) is 0 Å². The van der Waals surface area contributed by atoms with Crippen LogP contribution in [0.15, 0.2) is 46.4 Å². The minimum atomic E-state index is -4.65. The second kappa shape index (κ2) is 4.62. The molecule has 0 saturated carbocycles. The first kappa shape index (κ1) is 14.6. The van der Waals surface area contributed by atoms with E-state index in [1.165, 1.54) is 18.2 Å². The molecule has 0 amide bonds. The van der Waals surface area contributed by atoms with Crippen LogP contribution >= 0.6 is 0 Å². The first-order chi connectivity index (χ1) is 9.13. The Hall–Kier alpha value is -1.84. The second-order valence-electron chi connectivity index (χ2n) is 4.04. The molecule has 0 aromatic heterocycles. The molecule has 8 nitrogen and oxygen atoms in total. The maximum atomic E-state index is 11.3. The van der Waals surface area contributed by atoms with Gasteiger partial charge in [-0.2, -0.15) is 21.6 Å². The Bertz CT molecular complexity index is 851. The van der Waals surface area contributed by atoms with Gasteiger partial charge in [-0.25, -0.2) is 0 Å². The molecule has 1 atom stereocenters. The van der Waals surface area contributed by atoms with Gasteiger partial charge in [0.15, 0.2) is 0 Å². The van der Waals surface area contributed by atoms with Crippen LogP contribution in [-0.2, 0) is 20.2 Å². The van der Waals surface area contributed by atoms with Crippen molar-refractivity contribution in [2.75, 3.05) is 0 Å². The summed E-state index contributed by atoms with van der Waals surface area (Å²) in [6.45, 7) is 0. The van der Waals surface area contributed by atoms with E-state index in [2.05, 4.69) is 4.79 Å². The van der Waals surface area contributed by atoms with E-state index in [9.17, 15) is 21.4 Å². The summed E-state index contributed by atoms with van der Waals surface area (Å²) < 4.78 is 63.1. The number of hydrogen-bond donors (Lipinski definition) is 2. The van der Waals surface area contributed by atoms with Crippen molar-refractivity contribution in [3.05, 3.63) is 52.0 Å². The first-order valence-corrected chi connectivity index (χ1v) is 8.06. The summed E-state index contributed by atoms with van der Waals surface area (Å²) in [7, 11) is -9.27. The van der Waals surface area contributed by atoms with Crippen LogP contribution in [0.1, 0.15) is 0 Å². The fourth-order valence-electron chi connectivity index (χ4n) is 1.85. The van der Waals surface area contributed by atoms with Crippen molar-refractivity contribution in [3.63, 3.8) is 0 Å². The number of hydrogen-bond acceptors (Lipinski definition) is 4. The molecule has 2 rings (SSSR count). The van der Waals surface area contributed by atoms with Crippen molar-refractivity contribution >= 4 is 25.9 Å². The van der Waals surface area contributed by atoms with Crippen molar-refractivity contribution < 1.29 is 30.7 Å². The quantitative estimate of drug-likeness (QED) is 0.420. The monoisotopic (exact) mass is 316 g/mol. The molecule has 10 heteroatoms. The van der Waals surface area contributed by atoms with E-state index in [1.807, 2.05) is 0 Å². The third-order valence-electron chi connectivity index (χ3n) is 2.72. The first-order valence-electron chi connectivity index (χ1n) is 5.12. The van der Waals surface area contributed by atoms with Crippen LogP contribution in [0.5, 0.6) is 0 Å². The highest BCUT2D eigenvalue weighted by molar-refractivity contribution is 7.90. The van der Waals surface area contributed by atoms with Gasteiger partial charge >= 0.3 is 5.71 Å². The van der Waals surface area contributed by atoms with Crippen molar-refractivity contribution in [1.82, 2.24) is 0 Å². The molecule has 0 spiro atoms. The van der Waals surface area contributed by atoms with E-state index in [0.29, 0.717) is 6.08 Å². The summed E-state index contributed by atoms with van der Waals surface area (Å²) in [5.41, 5.74) is 8.90. The Balaban J connectivity index is 2.72. The van der Waals surface area contributed by atoms with Crippen LogP contribution in [-0.4, -0.2) is 41.7 Å². The van der Waals surface area contributed by atoms with E-state index in [0.717, 1.165) is 6.08 Å².